The number of pyridine rings is 1. The second-order valence-electron chi connectivity index (χ2n) is 2.93. The van der Waals surface area contributed by atoms with Gasteiger partial charge in [0, 0.05) is 6.42 Å². The highest BCUT2D eigenvalue weighted by Gasteiger charge is 2.17. The van der Waals surface area contributed by atoms with E-state index in [1.54, 1.807) is 0 Å². The molecule has 0 amide bonds. The van der Waals surface area contributed by atoms with Crippen LogP contribution < -0.4 is 5.73 Å². The summed E-state index contributed by atoms with van der Waals surface area (Å²) in [6.45, 7) is 0. The first-order chi connectivity index (χ1) is 7.04. The maximum absolute atomic E-state index is 13.1. The quantitative estimate of drug-likeness (QED) is 0.586. The zero-order valence-corrected chi connectivity index (χ0v) is 8.04. The Hall–Kier alpha value is -1.56. The van der Waals surface area contributed by atoms with Crippen LogP contribution in [0.4, 0.5) is 8.78 Å². The van der Waals surface area contributed by atoms with Gasteiger partial charge in [-0.3, -0.25) is 4.79 Å². The van der Waals surface area contributed by atoms with Crippen LogP contribution in [0.2, 0.25) is 0 Å². The number of methoxy groups -OCH3 is 1. The molecular weight excluding hydrogens is 206 g/mol. The normalized spacial score (nSPS) is 12.3. The zero-order valence-electron chi connectivity index (χ0n) is 8.04. The molecule has 1 atom stereocenters. The van der Waals surface area contributed by atoms with E-state index in [0.29, 0.717) is 0 Å². The molecule has 0 radical (unpaired) electrons. The maximum Gasteiger partial charge on any atom is 0.322 e. The zero-order chi connectivity index (χ0) is 11.4. The minimum Gasteiger partial charge on any atom is -0.468 e. The van der Waals surface area contributed by atoms with Crippen LogP contribution in [0, 0.1) is 11.8 Å². The van der Waals surface area contributed by atoms with Gasteiger partial charge in [0.15, 0.2) is 0 Å². The van der Waals surface area contributed by atoms with Crippen LogP contribution in [0.5, 0.6) is 0 Å². The fourth-order valence-electron chi connectivity index (χ4n) is 1.08. The van der Waals surface area contributed by atoms with Crippen molar-refractivity contribution in [3.63, 3.8) is 0 Å². The van der Waals surface area contributed by atoms with Gasteiger partial charge >= 0.3 is 5.97 Å². The van der Waals surface area contributed by atoms with Crippen LogP contribution >= 0.6 is 0 Å². The smallest absolute Gasteiger partial charge is 0.322 e. The Kier molecular flexibility index (Phi) is 3.68. The molecule has 0 bridgehead atoms. The molecule has 2 N–H and O–H groups in total. The van der Waals surface area contributed by atoms with Crippen molar-refractivity contribution < 1.29 is 18.3 Å². The van der Waals surface area contributed by atoms with Gasteiger partial charge < -0.3 is 10.5 Å². The molecule has 6 heteroatoms. The number of nitrogens with two attached hydrogens (primary N) is 1. The number of nitrogens with zero attached hydrogens (tertiary/aromatic N) is 1. The number of carbonyl (C=O) groups is 1. The number of aromatic nitrogens is 1. The molecule has 15 heavy (non-hydrogen) atoms. The van der Waals surface area contributed by atoms with E-state index < -0.39 is 23.8 Å². The number of ether oxygens (including phenoxy) is 1. The number of rotatable bonds is 3. The van der Waals surface area contributed by atoms with Gasteiger partial charge in [0.1, 0.15) is 11.9 Å². The van der Waals surface area contributed by atoms with Crippen LogP contribution in [0.3, 0.4) is 0 Å². The van der Waals surface area contributed by atoms with Gasteiger partial charge in [0.2, 0.25) is 5.95 Å². The fourth-order valence-corrected chi connectivity index (χ4v) is 1.08. The molecule has 0 aliphatic heterocycles. The SMILES string of the molecule is COC(=O)C(N)Cc1cc(F)ncc1F. The third-order valence-corrected chi connectivity index (χ3v) is 1.85. The van der Waals surface area contributed by atoms with Crippen molar-refractivity contribution in [3.8, 4) is 0 Å². The van der Waals surface area contributed by atoms with Crippen LogP contribution in [-0.2, 0) is 16.0 Å². The summed E-state index contributed by atoms with van der Waals surface area (Å²) >= 11 is 0. The van der Waals surface area contributed by atoms with Gasteiger partial charge in [0.05, 0.1) is 13.3 Å². The van der Waals surface area contributed by atoms with Crippen LogP contribution in [0.1, 0.15) is 5.56 Å². The predicted octanol–water partition coefficient (Wildman–Crippen LogP) is 0.403. The van der Waals surface area contributed by atoms with Crippen molar-refractivity contribution in [2.45, 2.75) is 12.5 Å². The number of carbonyl (C=O) groups excluding carboxylic acids is 1. The summed E-state index contributed by atoms with van der Waals surface area (Å²) in [4.78, 5) is 14.0. The van der Waals surface area contributed by atoms with Crippen molar-refractivity contribution in [2.75, 3.05) is 7.11 Å². The first-order valence-electron chi connectivity index (χ1n) is 4.18. The standard InChI is InChI=1S/C9H10F2N2O2/c1-15-9(14)7(12)2-5-3-8(11)13-4-6(5)10/h3-4,7H,2,12H2,1H3. The fraction of sp³-hybridized carbons (Fsp3) is 0.333. The van der Waals surface area contributed by atoms with E-state index in [4.69, 9.17) is 5.73 Å². The molecule has 0 fully saturated rings. The Morgan fingerprint density at radius 3 is 2.93 bits per heavy atom. The summed E-state index contributed by atoms with van der Waals surface area (Å²) in [6.07, 6.45) is 0.618. The summed E-state index contributed by atoms with van der Waals surface area (Å²) < 4.78 is 30.1. The third kappa shape index (κ3) is 2.95. The molecule has 82 valence electrons. The molecule has 0 saturated heterocycles. The van der Waals surface area contributed by atoms with Crippen LogP contribution in [0.15, 0.2) is 12.3 Å². The second-order valence-corrected chi connectivity index (χ2v) is 2.93. The Morgan fingerprint density at radius 2 is 2.33 bits per heavy atom. The molecule has 0 aliphatic rings. The van der Waals surface area contributed by atoms with E-state index in [0.717, 1.165) is 12.3 Å². The lowest BCUT2D eigenvalue weighted by Gasteiger charge is -2.09. The lowest BCUT2D eigenvalue weighted by molar-refractivity contribution is -0.142. The van der Waals surface area contributed by atoms with E-state index in [2.05, 4.69) is 9.72 Å². The van der Waals surface area contributed by atoms with Crippen molar-refractivity contribution in [1.82, 2.24) is 4.98 Å². The minimum atomic E-state index is -1.01. The van der Waals surface area contributed by atoms with Gasteiger partial charge in [-0.15, -0.1) is 0 Å². The summed E-state index contributed by atoms with van der Waals surface area (Å²) in [7, 11) is 1.17. The van der Waals surface area contributed by atoms with E-state index in [1.807, 2.05) is 0 Å². The Morgan fingerprint density at radius 1 is 1.67 bits per heavy atom. The molecule has 1 heterocycles. The lowest BCUT2D eigenvalue weighted by Crippen LogP contribution is -2.34. The van der Waals surface area contributed by atoms with Crippen molar-refractivity contribution in [1.29, 1.82) is 0 Å². The van der Waals surface area contributed by atoms with Crippen LogP contribution in [0.25, 0.3) is 0 Å². The highest BCUT2D eigenvalue weighted by molar-refractivity contribution is 5.75. The average Bonchev–Trinajstić information content (AvgIpc) is 2.22. The Balaban J connectivity index is 2.80. The minimum absolute atomic E-state index is 0.000370. The summed E-state index contributed by atoms with van der Waals surface area (Å²) in [5, 5.41) is 0. The maximum atomic E-state index is 13.1. The van der Waals surface area contributed by atoms with E-state index >= 15 is 0 Å². The number of hydrogen-bond acceptors (Lipinski definition) is 4. The second kappa shape index (κ2) is 4.79. The monoisotopic (exact) mass is 216 g/mol. The Labute approximate surface area is 85.1 Å². The van der Waals surface area contributed by atoms with E-state index in [-0.39, 0.29) is 12.0 Å². The van der Waals surface area contributed by atoms with Gasteiger partial charge in [-0.1, -0.05) is 0 Å². The largest absolute Gasteiger partial charge is 0.468 e. The topological polar surface area (TPSA) is 65.2 Å². The van der Waals surface area contributed by atoms with Crippen molar-refractivity contribution in [2.24, 2.45) is 5.73 Å². The molecule has 1 rings (SSSR count). The molecule has 0 saturated carbocycles. The summed E-state index contributed by atoms with van der Waals surface area (Å²) in [6, 6.07) is -0.107. The first kappa shape index (κ1) is 11.5. The molecule has 0 aromatic carbocycles. The average molecular weight is 216 g/mol. The third-order valence-electron chi connectivity index (χ3n) is 1.85. The molecule has 0 spiro atoms. The lowest BCUT2D eigenvalue weighted by atomic mass is 10.1. The Bertz CT molecular complexity index is 371. The first-order valence-corrected chi connectivity index (χ1v) is 4.18. The molecule has 1 aromatic rings. The van der Waals surface area contributed by atoms with E-state index in [9.17, 15) is 13.6 Å². The summed E-state index contributed by atoms with van der Waals surface area (Å²) in [5.74, 6) is -2.19. The number of esters is 1. The van der Waals surface area contributed by atoms with Crippen molar-refractivity contribution in [3.05, 3.63) is 29.6 Å². The highest BCUT2D eigenvalue weighted by Crippen LogP contribution is 2.09. The van der Waals surface area contributed by atoms with Gasteiger partial charge in [-0.25, -0.2) is 9.37 Å². The highest BCUT2D eigenvalue weighted by atomic mass is 19.1. The molecule has 1 aromatic heterocycles. The van der Waals surface area contributed by atoms with Crippen molar-refractivity contribution >= 4 is 5.97 Å². The van der Waals surface area contributed by atoms with E-state index in [1.165, 1.54) is 7.11 Å². The van der Waals surface area contributed by atoms with Gasteiger partial charge in [-0.2, -0.15) is 4.39 Å². The number of halogens is 2. The summed E-state index contributed by atoms with van der Waals surface area (Å²) in [5.41, 5.74) is 5.40. The van der Waals surface area contributed by atoms with Gasteiger partial charge in [-0.05, 0) is 11.6 Å². The van der Waals surface area contributed by atoms with Gasteiger partial charge in [0.25, 0.3) is 0 Å². The predicted molar refractivity (Wildman–Crippen MR) is 47.8 cm³/mol. The molecule has 1 unspecified atom stereocenters. The molecule has 4 nitrogen and oxygen atoms in total. The molecule has 0 aliphatic carbocycles. The van der Waals surface area contributed by atoms with Crippen LogP contribution in [-0.4, -0.2) is 24.1 Å². The molecular formula is C9H10F2N2O2. The number of hydrogen-bond donors (Lipinski definition) is 1.